The fourth-order valence-corrected chi connectivity index (χ4v) is 4.91. The molecule has 0 radical (unpaired) electrons. The van der Waals surface area contributed by atoms with Gasteiger partial charge in [0.1, 0.15) is 12.3 Å². The van der Waals surface area contributed by atoms with Crippen LogP contribution >= 0.6 is 11.3 Å². The van der Waals surface area contributed by atoms with Crippen molar-refractivity contribution >= 4 is 48.9 Å². The topological polar surface area (TPSA) is 97.7 Å². The van der Waals surface area contributed by atoms with E-state index in [9.17, 15) is 18.0 Å². The molecule has 0 saturated carbocycles. The van der Waals surface area contributed by atoms with Gasteiger partial charge in [-0.1, -0.05) is 17.4 Å². The fraction of sp³-hybridized carbons (Fsp3) is 0.300. The molecule has 0 fully saturated rings. The third-order valence-electron chi connectivity index (χ3n) is 4.37. The molecule has 0 unspecified atom stereocenters. The van der Waals surface area contributed by atoms with Crippen molar-refractivity contribution in [3.63, 3.8) is 0 Å². The SMILES string of the molecule is CCOc1cccc(N(CC(=O)Nc2ccc3c(c2)sc(=O)n3CC)S(C)(=O)=O)c1. The van der Waals surface area contributed by atoms with Gasteiger partial charge < -0.3 is 10.1 Å². The predicted octanol–water partition coefficient (Wildman–Crippen LogP) is 2.89. The highest BCUT2D eigenvalue weighted by molar-refractivity contribution is 7.92. The van der Waals surface area contributed by atoms with Crippen LogP contribution < -0.4 is 19.2 Å². The van der Waals surface area contributed by atoms with E-state index in [2.05, 4.69) is 5.32 Å². The Hall–Kier alpha value is -2.85. The van der Waals surface area contributed by atoms with E-state index >= 15 is 0 Å². The van der Waals surface area contributed by atoms with Crippen LogP contribution in [0.25, 0.3) is 10.2 Å². The zero-order valence-electron chi connectivity index (χ0n) is 16.9. The highest BCUT2D eigenvalue weighted by atomic mass is 32.2. The van der Waals surface area contributed by atoms with Crippen molar-refractivity contribution in [1.29, 1.82) is 0 Å². The number of nitrogens with one attached hydrogen (secondary N) is 1. The van der Waals surface area contributed by atoms with E-state index in [1.807, 2.05) is 13.8 Å². The summed E-state index contributed by atoms with van der Waals surface area (Å²) in [7, 11) is -3.70. The Balaban J connectivity index is 1.82. The zero-order chi connectivity index (χ0) is 21.9. The Morgan fingerprint density at radius 2 is 1.97 bits per heavy atom. The second kappa shape index (κ2) is 8.88. The number of ether oxygens (including phenoxy) is 1. The highest BCUT2D eigenvalue weighted by Gasteiger charge is 2.21. The number of benzene rings is 2. The van der Waals surface area contributed by atoms with Gasteiger partial charge in [0.05, 0.1) is 28.8 Å². The van der Waals surface area contributed by atoms with Crippen LogP contribution in [0.2, 0.25) is 0 Å². The Morgan fingerprint density at radius 3 is 2.63 bits per heavy atom. The summed E-state index contributed by atoms with van der Waals surface area (Å²) in [6, 6.07) is 11.8. The predicted molar refractivity (Wildman–Crippen MR) is 120 cm³/mol. The molecule has 1 N–H and O–H groups in total. The molecule has 1 amide bonds. The lowest BCUT2D eigenvalue weighted by Gasteiger charge is -2.22. The van der Waals surface area contributed by atoms with Gasteiger partial charge in [0, 0.05) is 18.3 Å². The van der Waals surface area contributed by atoms with Crippen LogP contribution in [0.4, 0.5) is 11.4 Å². The van der Waals surface area contributed by atoms with E-state index in [1.165, 1.54) is 0 Å². The number of hydrogen-bond donors (Lipinski definition) is 1. The van der Waals surface area contributed by atoms with Crippen LogP contribution in [0.1, 0.15) is 13.8 Å². The zero-order valence-corrected chi connectivity index (χ0v) is 18.5. The molecule has 0 saturated heterocycles. The Bertz CT molecular complexity index is 1230. The van der Waals surface area contributed by atoms with Crippen molar-refractivity contribution in [1.82, 2.24) is 4.57 Å². The van der Waals surface area contributed by atoms with Crippen LogP contribution in [0.5, 0.6) is 5.75 Å². The number of amides is 1. The van der Waals surface area contributed by atoms with E-state index in [4.69, 9.17) is 4.74 Å². The number of aromatic nitrogens is 1. The molecule has 1 aromatic heterocycles. The number of aryl methyl sites for hydroxylation is 1. The van der Waals surface area contributed by atoms with Gasteiger partial charge in [-0.15, -0.1) is 0 Å². The first-order valence-corrected chi connectivity index (χ1v) is 12.0. The number of thiazole rings is 1. The summed E-state index contributed by atoms with van der Waals surface area (Å²) in [5.41, 5.74) is 1.64. The second-order valence-electron chi connectivity index (χ2n) is 6.54. The molecule has 3 aromatic rings. The molecule has 0 aliphatic heterocycles. The Kier molecular flexibility index (Phi) is 6.47. The first-order valence-electron chi connectivity index (χ1n) is 9.36. The molecule has 2 aromatic carbocycles. The van der Waals surface area contributed by atoms with Crippen molar-refractivity contribution in [2.45, 2.75) is 20.4 Å². The van der Waals surface area contributed by atoms with Crippen LogP contribution in [-0.4, -0.2) is 38.3 Å². The van der Waals surface area contributed by atoms with E-state index in [-0.39, 0.29) is 4.87 Å². The minimum absolute atomic E-state index is 0.0617. The van der Waals surface area contributed by atoms with Crippen molar-refractivity contribution in [3.05, 3.63) is 52.1 Å². The molecule has 30 heavy (non-hydrogen) atoms. The number of carbonyl (C=O) groups excluding carboxylic acids is 1. The Labute approximate surface area is 178 Å². The fourth-order valence-electron chi connectivity index (χ4n) is 3.07. The molecule has 0 aliphatic carbocycles. The molecule has 160 valence electrons. The molecular weight excluding hydrogens is 426 g/mol. The molecule has 0 atom stereocenters. The summed E-state index contributed by atoms with van der Waals surface area (Å²) in [5, 5.41) is 2.71. The molecular formula is C20H23N3O5S2. The Morgan fingerprint density at radius 1 is 1.20 bits per heavy atom. The van der Waals surface area contributed by atoms with Crippen molar-refractivity contribution in [2.24, 2.45) is 0 Å². The first kappa shape index (κ1) is 21.8. The van der Waals surface area contributed by atoms with E-state index in [1.54, 1.807) is 47.0 Å². The molecule has 10 heteroatoms. The van der Waals surface area contributed by atoms with Gasteiger partial charge in [-0.2, -0.15) is 0 Å². The molecule has 0 bridgehead atoms. The summed E-state index contributed by atoms with van der Waals surface area (Å²) in [6.07, 6.45) is 1.05. The van der Waals surface area contributed by atoms with E-state index in [0.717, 1.165) is 32.1 Å². The standard InChI is InChI=1S/C20H23N3O5S2/c1-4-22-17-10-9-14(11-18(17)29-20(22)25)21-19(24)13-23(30(3,26)27)15-7-6-8-16(12-15)28-5-2/h6-12H,4-5,13H2,1-3H3,(H,21,24). The summed E-state index contributed by atoms with van der Waals surface area (Å²) in [5.74, 6) is 0.0220. The lowest BCUT2D eigenvalue weighted by atomic mass is 10.3. The molecule has 1 heterocycles. The first-order chi connectivity index (χ1) is 14.2. The number of hydrogen-bond acceptors (Lipinski definition) is 6. The summed E-state index contributed by atoms with van der Waals surface area (Å²) in [4.78, 5) is 24.5. The van der Waals surface area contributed by atoms with Gasteiger partial charge in [0.2, 0.25) is 15.9 Å². The summed E-state index contributed by atoms with van der Waals surface area (Å²) < 4.78 is 33.5. The van der Waals surface area contributed by atoms with Gasteiger partial charge in [-0.05, 0) is 44.2 Å². The monoisotopic (exact) mass is 449 g/mol. The molecule has 0 spiro atoms. The number of sulfonamides is 1. The third-order valence-corrected chi connectivity index (χ3v) is 6.45. The van der Waals surface area contributed by atoms with Crippen molar-refractivity contribution in [3.8, 4) is 5.75 Å². The van der Waals surface area contributed by atoms with Crippen LogP contribution in [0.15, 0.2) is 47.3 Å². The van der Waals surface area contributed by atoms with Gasteiger partial charge in [-0.3, -0.25) is 18.5 Å². The number of nitrogens with zero attached hydrogens (tertiary/aromatic N) is 2. The third kappa shape index (κ3) is 4.82. The largest absolute Gasteiger partial charge is 0.494 e. The van der Waals surface area contributed by atoms with E-state index in [0.29, 0.717) is 30.3 Å². The maximum absolute atomic E-state index is 12.6. The molecule has 8 nitrogen and oxygen atoms in total. The van der Waals surface area contributed by atoms with Crippen LogP contribution in [0, 0.1) is 0 Å². The number of carbonyl (C=O) groups is 1. The lowest BCUT2D eigenvalue weighted by molar-refractivity contribution is -0.114. The summed E-state index contributed by atoms with van der Waals surface area (Å²) in [6.45, 7) is 4.34. The maximum Gasteiger partial charge on any atom is 0.308 e. The number of rotatable bonds is 8. The molecule has 0 aliphatic rings. The van der Waals surface area contributed by atoms with Gasteiger partial charge in [0.15, 0.2) is 0 Å². The van der Waals surface area contributed by atoms with Gasteiger partial charge in [0.25, 0.3) is 0 Å². The van der Waals surface area contributed by atoms with Crippen molar-refractivity contribution in [2.75, 3.05) is 29.0 Å². The van der Waals surface area contributed by atoms with Crippen LogP contribution in [-0.2, 0) is 21.4 Å². The summed E-state index contributed by atoms with van der Waals surface area (Å²) >= 11 is 1.10. The smallest absolute Gasteiger partial charge is 0.308 e. The number of fused-ring (bicyclic) bond motifs is 1. The minimum atomic E-state index is -3.70. The van der Waals surface area contributed by atoms with Crippen molar-refractivity contribution < 1.29 is 17.9 Å². The minimum Gasteiger partial charge on any atom is -0.494 e. The normalized spacial score (nSPS) is 11.4. The van der Waals surface area contributed by atoms with E-state index < -0.39 is 22.5 Å². The number of anilines is 2. The lowest BCUT2D eigenvalue weighted by Crippen LogP contribution is -2.37. The van der Waals surface area contributed by atoms with Crippen LogP contribution in [0.3, 0.4) is 0 Å². The van der Waals surface area contributed by atoms with Gasteiger partial charge >= 0.3 is 4.87 Å². The average molecular weight is 450 g/mol. The molecule has 3 rings (SSSR count). The quantitative estimate of drug-likeness (QED) is 0.570. The maximum atomic E-state index is 12.6. The highest BCUT2D eigenvalue weighted by Crippen LogP contribution is 2.24. The average Bonchev–Trinajstić information content (AvgIpc) is 2.99. The van der Waals surface area contributed by atoms with Gasteiger partial charge in [-0.25, -0.2) is 8.42 Å². The second-order valence-corrected chi connectivity index (χ2v) is 9.44.